The van der Waals surface area contributed by atoms with Gasteiger partial charge in [0.2, 0.25) is 11.8 Å². The molecule has 0 saturated carbocycles. The number of aromatic nitrogens is 2. The van der Waals surface area contributed by atoms with Crippen molar-refractivity contribution in [2.75, 3.05) is 12.3 Å². The molecule has 1 aliphatic heterocycles. The summed E-state index contributed by atoms with van der Waals surface area (Å²) in [5, 5.41) is 12.1. The summed E-state index contributed by atoms with van der Waals surface area (Å²) in [4.78, 5) is 0. The smallest absolute Gasteiger partial charge is 0.233 e. The molecule has 0 spiro atoms. The molecule has 1 aromatic rings. The lowest BCUT2D eigenvalue weighted by Crippen LogP contribution is -2.20. The Morgan fingerprint density at radius 3 is 3.00 bits per heavy atom. The van der Waals surface area contributed by atoms with Crippen molar-refractivity contribution in [2.24, 2.45) is 0 Å². The van der Waals surface area contributed by atoms with Gasteiger partial charge in [-0.25, -0.2) is 0 Å². The van der Waals surface area contributed by atoms with E-state index in [1.54, 1.807) is 0 Å². The van der Waals surface area contributed by atoms with Gasteiger partial charge in [0.25, 0.3) is 0 Å². The average Bonchev–Trinajstić information content (AvgIpc) is 2.95. The lowest BCUT2D eigenvalue weighted by molar-refractivity contribution is 0.374. The number of rotatable bonds is 5. The van der Waals surface area contributed by atoms with Crippen LogP contribution in [0.15, 0.2) is 4.42 Å². The number of hydrogen-bond acceptors (Lipinski definition) is 5. The van der Waals surface area contributed by atoms with Crippen molar-refractivity contribution in [3.63, 3.8) is 0 Å². The Labute approximate surface area is 101 Å². The fourth-order valence-corrected chi connectivity index (χ4v) is 3.13. The van der Waals surface area contributed by atoms with Crippen LogP contribution in [0, 0.1) is 0 Å². The molecule has 0 radical (unpaired) electrons. The highest BCUT2D eigenvalue weighted by atomic mass is 32.2. The fraction of sp³-hybridized carbons (Fsp3) is 0.818. The van der Waals surface area contributed by atoms with Gasteiger partial charge in [0, 0.05) is 0 Å². The number of thioether (sulfide) groups is 1. The van der Waals surface area contributed by atoms with Gasteiger partial charge >= 0.3 is 0 Å². The summed E-state index contributed by atoms with van der Waals surface area (Å²) < 4.78 is 5.77. The molecule has 2 unspecified atom stereocenters. The van der Waals surface area contributed by atoms with Crippen molar-refractivity contribution in [3.05, 3.63) is 11.8 Å². The summed E-state index contributed by atoms with van der Waals surface area (Å²) in [5.41, 5.74) is 0. The maximum Gasteiger partial charge on any atom is 0.233 e. The van der Waals surface area contributed by atoms with E-state index in [2.05, 4.69) is 29.4 Å². The van der Waals surface area contributed by atoms with Crippen molar-refractivity contribution in [3.8, 4) is 0 Å². The van der Waals surface area contributed by atoms with E-state index in [1.165, 1.54) is 18.6 Å². The van der Waals surface area contributed by atoms with Crippen LogP contribution in [0.1, 0.15) is 56.2 Å². The molecule has 1 N–H and O–H groups in total. The molecule has 5 heteroatoms. The summed E-state index contributed by atoms with van der Waals surface area (Å²) in [6.07, 6.45) is 3.41. The van der Waals surface area contributed by atoms with Gasteiger partial charge in [-0.05, 0) is 31.6 Å². The van der Waals surface area contributed by atoms with Crippen molar-refractivity contribution < 1.29 is 4.42 Å². The molecule has 0 amide bonds. The Kier molecular flexibility index (Phi) is 4.23. The lowest BCUT2D eigenvalue weighted by Gasteiger charge is -2.10. The Bertz CT molecular complexity index is 323. The van der Waals surface area contributed by atoms with Crippen molar-refractivity contribution >= 4 is 11.8 Å². The highest BCUT2D eigenvalue weighted by molar-refractivity contribution is 7.99. The molecule has 90 valence electrons. The first-order valence-corrected chi connectivity index (χ1v) is 7.08. The summed E-state index contributed by atoms with van der Waals surface area (Å²) in [7, 11) is 0. The second kappa shape index (κ2) is 5.68. The van der Waals surface area contributed by atoms with Gasteiger partial charge in [0.1, 0.15) is 0 Å². The van der Waals surface area contributed by atoms with Gasteiger partial charge in [-0.3, -0.25) is 0 Å². The first kappa shape index (κ1) is 11.9. The van der Waals surface area contributed by atoms with Crippen LogP contribution in [0.5, 0.6) is 0 Å². The predicted octanol–water partition coefficient (Wildman–Crippen LogP) is 2.70. The Hall–Kier alpha value is -0.550. The maximum absolute atomic E-state index is 5.77. The van der Waals surface area contributed by atoms with E-state index in [0.717, 1.165) is 24.7 Å². The molecular formula is C11H19N3OS. The highest BCUT2D eigenvalue weighted by Crippen LogP contribution is 2.39. The molecule has 2 heterocycles. The maximum atomic E-state index is 5.77. The average molecular weight is 241 g/mol. The standard InChI is InChI=1S/C11H19N3OS/c1-3-8(12-4-2)10-13-14-11(15-10)9-6-5-7-16-9/h8-9,12H,3-7H2,1-2H3. The minimum atomic E-state index is 0.206. The summed E-state index contributed by atoms with van der Waals surface area (Å²) in [5.74, 6) is 2.77. The highest BCUT2D eigenvalue weighted by Gasteiger charge is 2.25. The molecule has 2 atom stereocenters. The third-order valence-electron chi connectivity index (χ3n) is 2.82. The van der Waals surface area contributed by atoms with E-state index >= 15 is 0 Å². The molecule has 2 rings (SSSR count). The van der Waals surface area contributed by atoms with Crippen LogP contribution in [-0.2, 0) is 0 Å². The number of nitrogens with one attached hydrogen (secondary N) is 1. The Morgan fingerprint density at radius 1 is 1.50 bits per heavy atom. The molecule has 0 aliphatic carbocycles. The van der Waals surface area contributed by atoms with Crippen LogP contribution < -0.4 is 5.32 Å². The quantitative estimate of drug-likeness (QED) is 0.859. The second-order valence-corrected chi connectivity index (χ2v) is 5.31. The van der Waals surface area contributed by atoms with E-state index in [-0.39, 0.29) is 6.04 Å². The van der Waals surface area contributed by atoms with E-state index in [1.807, 2.05) is 11.8 Å². The molecule has 1 aromatic heterocycles. The molecule has 4 nitrogen and oxygen atoms in total. The third-order valence-corrected chi connectivity index (χ3v) is 4.18. The van der Waals surface area contributed by atoms with Crippen LogP contribution in [-0.4, -0.2) is 22.5 Å². The van der Waals surface area contributed by atoms with Gasteiger partial charge in [-0.15, -0.1) is 22.0 Å². The zero-order valence-electron chi connectivity index (χ0n) is 9.90. The molecule has 1 aliphatic rings. The number of nitrogens with zero attached hydrogens (tertiary/aromatic N) is 2. The molecule has 16 heavy (non-hydrogen) atoms. The van der Waals surface area contributed by atoms with Gasteiger partial charge < -0.3 is 9.73 Å². The Morgan fingerprint density at radius 2 is 2.38 bits per heavy atom. The minimum Gasteiger partial charge on any atom is -0.422 e. The van der Waals surface area contributed by atoms with E-state index in [4.69, 9.17) is 4.42 Å². The lowest BCUT2D eigenvalue weighted by atomic mass is 10.2. The van der Waals surface area contributed by atoms with Crippen molar-refractivity contribution in [2.45, 2.75) is 44.4 Å². The number of hydrogen-bond donors (Lipinski definition) is 1. The molecule has 1 saturated heterocycles. The van der Waals surface area contributed by atoms with Crippen LogP contribution in [0.3, 0.4) is 0 Å². The molecule has 0 aromatic carbocycles. The van der Waals surface area contributed by atoms with E-state index in [0.29, 0.717) is 5.25 Å². The molecule has 0 bridgehead atoms. The largest absolute Gasteiger partial charge is 0.422 e. The third kappa shape index (κ3) is 2.58. The van der Waals surface area contributed by atoms with Gasteiger partial charge in [0.05, 0.1) is 11.3 Å². The molecule has 1 fully saturated rings. The van der Waals surface area contributed by atoms with Crippen LogP contribution in [0.2, 0.25) is 0 Å². The Balaban J connectivity index is 2.05. The zero-order valence-corrected chi connectivity index (χ0v) is 10.7. The van der Waals surface area contributed by atoms with Gasteiger partial charge in [-0.2, -0.15) is 0 Å². The van der Waals surface area contributed by atoms with Crippen LogP contribution in [0.4, 0.5) is 0 Å². The van der Waals surface area contributed by atoms with Crippen molar-refractivity contribution in [1.82, 2.24) is 15.5 Å². The van der Waals surface area contributed by atoms with Gasteiger partial charge in [-0.1, -0.05) is 13.8 Å². The first-order chi connectivity index (χ1) is 7.85. The van der Waals surface area contributed by atoms with Gasteiger partial charge in [0.15, 0.2) is 0 Å². The zero-order chi connectivity index (χ0) is 11.4. The summed E-state index contributed by atoms with van der Waals surface area (Å²) in [6, 6.07) is 0.206. The minimum absolute atomic E-state index is 0.206. The second-order valence-electron chi connectivity index (χ2n) is 4.00. The van der Waals surface area contributed by atoms with E-state index < -0.39 is 0 Å². The van der Waals surface area contributed by atoms with Crippen LogP contribution >= 0.6 is 11.8 Å². The summed E-state index contributed by atoms with van der Waals surface area (Å²) in [6.45, 7) is 5.14. The first-order valence-electron chi connectivity index (χ1n) is 6.03. The SMILES string of the molecule is CCNC(CC)c1nnc(C2CCCS2)o1. The van der Waals surface area contributed by atoms with Crippen LogP contribution in [0.25, 0.3) is 0 Å². The van der Waals surface area contributed by atoms with E-state index in [9.17, 15) is 0 Å². The predicted molar refractivity (Wildman–Crippen MR) is 65.4 cm³/mol. The fourth-order valence-electron chi connectivity index (χ4n) is 1.94. The monoisotopic (exact) mass is 241 g/mol. The van der Waals surface area contributed by atoms with Crippen molar-refractivity contribution in [1.29, 1.82) is 0 Å². The summed E-state index contributed by atoms with van der Waals surface area (Å²) >= 11 is 1.92. The topological polar surface area (TPSA) is 51.0 Å². The normalized spacial score (nSPS) is 22.5. The molecular weight excluding hydrogens is 222 g/mol.